The fourth-order valence-corrected chi connectivity index (χ4v) is 3.16. The average Bonchev–Trinajstić information content (AvgIpc) is 2.71. The van der Waals surface area contributed by atoms with Crippen LogP contribution in [0.25, 0.3) is 0 Å². The third kappa shape index (κ3) is 7.22. The number of hydrogen-bond donors (Lipinski definition) is 3. The van der Waals surface area contributed by atoms with Gasteiger partial charge in [0.1, 0.15) is 12.7 Å². The van der Waals surface area contributed by atoms with Gasteiger partial charge >= 0.3 is 0 Å². The molecule has 1 unspecified atom stereocenters. The van der Waals surface area contributed by atoms with Gasteiger partial charge in [0.25, 0.3) is 0 Å². The Morgan fingerprint density at radius 2 is 1.82 bits per heavy atom. The molecule has 0 aromatic heterocycles. The van der Waals surface area contributed by atoms with Crippen molar-refractivity contribution in [3.05, 3.63) is 23.8 Å². The van der Waals surface area contributed by atoms with E-state index in [1.165, 1.54) is 0 Å². The zero-order chi connectivity index (χ0) is 20.6. The number of aliphatic hydroxyl groups excluding tert-OH is 2. The fourth-order valence-electron chi connectivity index (χ4n) is 3.16. The van der Waals surface area contributed by atoms with Crippen molar-refractivity contribution in [1.29, 1.82) is 0 Å². The highest BCUT2D eigenvalue weighted by Gasteiger charge is 2.19. The second-order valence-electron chi connectivity index (χ2n) is 8.08. The van der Waals surface area contributed by atoms with E-state index < -0.39 is 6.10 Å². The van der Waals surface area contributed by atoms with Gasteiger partial charge in [0, 0.05) is 44.8 Å². The number of ether oxygens (including phenoxy) is 2. The smallest absolute Gasteiger partial charge is 0.161 e. The van der Waals surface area contributed by atoms with Crippen molar-refractivity contribution >= 4 is 0 Å². The first kappa shape index (κ1) is 22.9. The first-order valence-electron chi connectivity index (χ1n) is 10.1. The third-order valence-corrected chi connectivity index (χ3v) is 5.21. The van der Waals surface area contributed by atoms with Crippen LogP contribution in [0.3, 0.4) is 0 Å². The number of likely N-dealkylation sites (N-methyl/N-ethyl adjacent to an activating group) is 1. The third-order valence-electron chi connectivity index (χ3n) is 5.21. The number of benzene rings is 1. The first-order valence-corrected chi connectivity index (χ1v) is 10.1. The summed E-state index contributed by atoms with van der Waals surface area (Å²) in [7, 11) is 1.61. The van der Waals surface area contributed by atoms with Crippen LogP contribution in [0.5, 0.6) is 11.5 Å². The maximum Gasteiger partial charge on any atom is 0.161 e. The van der Waals surface area contributed by atoms with Crippen LogP contribution in [0.1, 0.15) is 26.3 Å². The number of nitrogens with zero attached hydrogens (tertiary/aromatic N) is 2. The molecule has 1 heterocycles. The molecule has 0 radical (unpaired) electrons. The van der Waals surface area contributed by atoms with E-state index in [1.807, 2.05) is 32.0 Å². The van der Waals surface area contributed by atoms with E-state index in [0.717, 1.165) is 38.3 Å². The van der Waals surface area contributed by atoms with Gasteiger partial charge in [-0.25, -0.2) is 0 Å². The summed E-state index contributed by atoms with van der Waals surface area (Å²) >= 11 is 0. The van der Waals surface area contributed by atoms with E-state index in [9.17, 15) is 10.2 Å². The molecule has 28 heavy (non-hydrogen) atoms. The van der Waals surface area contributed by atoms with Crippen LogP contribution in [0, 0.1) is 0 Å². The van der Waals surface area contributed by atoms with Gasteiger partial charge in [0.05, 0.1) is 13.7 Å². The van der Waals surface area contributed by atoms with Crippen LogP contribution < -0.4 is 14.8 Å². The zero-order valence-electron chi connectivity index (χ0n) is 17.8. The lowest BCUT2D eigenvalue weighted by atomic mass is 10.1. The molecule has 0 saturated carbocycles. The van der Waals surface area contributed by atoms with Gasteiger partial charge in [-0.05, 0) is 38.1 Å². The molecule has 7 heteroatoms. The molecule has 1 aliphatic heterocycles. The number of rotatable bonds is 11. The maximum atomic E-state index is 10.4. The molecule has 1 atom stereocenters. The fraction of sp³-hybridized carbons (Fsp3) is 0.714. The summed E-state index contributed by atoms with van der Waals surface area (Å²) in [6.45, 7) is 12.8. The monoisotopic (exact) mass is 395 g/mol. The molecule has 0 spiro atoms. The van der Waals surface area contributed by atoms with Crippen molar-refractivity contribution in [3.63, 3.8) is 0 Å². The van der Waals surface area contributed by atoms with Crippen LogP contribution in [0.2, 0.25) is 0 Å². The molecule has 0 amide bonds. The van der Waals surface area contributed by atoms with Crippen LogP contribution >= 0.6 is 0 Å². The van der Waals surface area contributed by atoms with Crippen LogP contribution in [-0.4, -0.2) is 91.2 Å². The summed E-state index contributed by atoms with van der Waals surface area (Å²) < 4.78 is 11.3. The Bertz CT molecular complexity index is 589. The summed E-state index contributed by atoms with van der Waals surface area (Å²) in [6, 6.07) is 5.76. The number of β-amino-alcohol motifs (C(OH)–C–C–N with tert-alkyl or cyclic N) is 1. The minimum absolute atomic E-state index is 0.0662. The molecule has 7 nitrogen and oxygen atoms in total. The molecule has 1 aromatic carbocycles. The number of aliphatic hydroxyl groups is 2. The Labute approximate surface area is 169 Å². The number of nitrogens with one attached hydrogen (secondary N) is 1. The minimum atomic E-state index is -0.537. The molecule has 1 saturated heterocycles. The number of methoxy groups -OCH3 is 1. The molecule has 3 N–H and O–H groups in total. The van der Waals surface area contributed by atoms with Crippen LogP contribution in [-0.2, 0) is 6.54 Å². The maximum absolute atomic E-state index is 10.4. The van der Waals surface area contributed by atoms with Gasteiger partial charge in [-0.3, -0.25) is 4.90 Å². The van der Waals surface area contributed by atoms with Gasteiger partial charge < -0.3 is 29.9 Å². The SMILES string of the molecule is CCN1CCN(CC(O)COc2ccc(CNC(C)(C)CO)cc2OC)CC1. The zero-order valence-corrected chi connectivity index (χ0v) is 17.8. The second-order valence-corrected chi connectivity index (χ2v) is 8.08. The van der Waals surface area contributed by atoms with Crippen molar-refractivity contribution < 1.29 is 19.7 Å². The normalized spacial score (nSPS) is 17.5. The molecular formula is C21H37N3O4. The van der Waals surface area contributed by atoms with Crippen LogP contribution in [0.15, 0.2) is 18.2 Å². The predicted octanol–water partition coefficient (Wildman–Crippen LogP) is 0.933. The highest BCUT2D eigenvalue weighted by Crippen LogP contribution is 2.28. The first-order chi connectivity index (χ1) is 13.4. The van der Waals surface area contributed by atoms with E-state index in [2.05, 4.69) is 22.0 Å². The lowest BCUT2D eigenvalue weighted by Gasteiger charge is -2.34. The summed E-state index contributed by atoms with van der Waals surface area (Å²) in [5, 5.41) is 23.0. The number of hydrogen-bond acceptors (Lipinski definition) is 7. The lowest BCUT2D eigenvalue weighted by molar-refractivity contribution is 0.0464. The quantitative estimate of drug-likeness (QED) is 0.515. The predicted molar refractivity (Wildman–Crippen MR) is 111 cm³/mol. The van der Waals surface area contributed by atoms with Gasteiger partial charge in [0.15, 0.2) is 11.5 Å². The Hall–Kier alpha value is -1.38. The van der Waals surface area contributed by atoms with Crippen molar-refractivity contribution in [2.24, 2.45) is 0 Å². The van der Waals surface area contributed by atoms with E-state index in [0.29, 0.717) is 24.6 Å². The molecule has 1 aliphatic rings. The van der Waals surface area contributed by atoms with Gasteiger partial charge in [-0.1, -0.05) is 13.0 Å². The molecule has 0 bridgehead atoms. The molecule has 1 fully saturated rings. The standard InChI is InChI=1S/C21H37N3O4/c1-5-23-8-10-24(11-9-23)14-18(26)15-28-19-7-6-17(12-20(19)27-4)13-22-21(2,3)16-25/h6-7,12,18,22,25-26H,5,8-11,13-16H2,1-4H3. The Balaban J connectivity index is 1.82. The number of piperazine rings is 1. The van der Waals surface area contributed by atoms with Gasteiger partial charge in [-0.2, -0.15) is 0 Å². The summed E-state index contributed by atoms with van der Waals surface area (Å²) in [6.07, 6.45) is -0.537. The lowest BCUT2D eigenvalue weighted by Crippen LogP contribution is -2.49. The van der Waals surface area contributed by atoms with E-state index >= 15 is 0 Å². The average molecular weight is 396 g/mol. The summed E-state index contributed by atoms with van der Waals surface area (Å²) in [5.74, 6) is 1.27. The van der Waals surface area contributed by atoms with Crippen molar-refractivity contribution in [2.45, 2.75) is 39.0 Å². The van der Waals surface area contributed by atoms with Gasteiger partial charge in [0.2, 0.25) is 0 Å². The van der Waals surface area contributed by atoms with Crippen molar-refractivity contribution in [3.8, 4) is 11.5 Å². The Kier molecular flexibility index (Phi) is 8.98. The molecule has 1 aromatic rings. The molecule has 2 rings (SSSR count). The Morgan fingerprint density at radius 3 is 2.43 bits per heavy atom. The van der Waals surface area contributed by atoms with Crippen molar-refractivity contribution in [1.82, 2.24) is 15.1 Å². The van der Waals surface area contributed by atoms with Gasteiger partial charge in [-0.15, -0.1) is 0 Å². The molecule has 0 aliphatic carbocycles. The van der Waals surface area contributed by atoms with Crippen LogP contribution in [0.4, 0.5) is 0 Å². The minimum Gasteiger partial charge on any atom is -0.493 e. The van der Waals surface area contributed by atoms with Crippen molar-refractivity contribution in [2.75, 3.05) is 59.6 Å². The van der Waals surface area contributed by atoms with E-state index in [-0.39, 0.29) is 18.8 Å². The highest BCUT2D eigenvalue weighted by molar-refractivity contribution is 5.43. The topological polar surface area (TPSA) is 77.4 Å². The van der Waals surface area contributed by atoms with E-state index in [1.54, 1.807) is 7.11 Å². The summed E-state index contributed by atoms with van der Waals surface area (Å²) in [5.41, 5.74) is 0.704. The summed E-state index contributed by atoms with van der Waals surface area (Å²) in [4.78, 5) is 4.71. The highest BCUT2D eigenvalue weighted by atomic mass is 16.5. The molecule has 160 valence electrons. The Morgan fingerprint density at radius 1 is 1.14 bits per heavy atom. The molecular weight excluding hydrogens is 358 g/mol. The largest absolute Gasteiger partial charge is 0.493 e. The van der Waals surface area contributed by atoms with E-state index in [4.69, 9.17) is 9.47 Å². The second kappa shape index (κ2) is 11.0.